The van der Waals surface area contributed by atoms with Gasteiger partial charge in [-0.15, -0.1) is 22.7 Å². The average molecular weight is 985 g/mol. The minimum atomic E-state index is 0.269. The Bertz CT molecular complexity index is 4160. The topological polar surface area (TPSA) is 6.48 Å². The van der Waals surface area contributed by atoms with Crippen LogP contribution in [0.3, 0.4) is 0 Å². The third-order valence-corrected chi connectivity index (χ3v) is 17.8. The summed E-state index contributed by atoms with van der Waals surface area (Å²) < 4.78 is 5.28. The Morgan fingerprint density at radius 2 is 0.662 bits per heavy atom. The van der Waals surface area contributed by atoms with Crippen LogP contribution in [0.25, 0.3) is 94.9 Å². The minimum Gasteiger partial charge on any atom is -0.310 e. The lowest BCUT2D eigenvalue weighted by molar-refractivity contribution is 0.875. The summed E-state index contributed by atoms with van der Waals surface area (Å²) in [5.41, 5.74) is 14.5. The molecule has 354 valence electrons. The van der Waals surface area contributed by atoms with Gasteiger partial charge >= 0.3 is 0 Å². The molecule has 2 aromatic heterocycles. The largest absolute Gasteiger partial charge is 0.310 e. The molecule has 0 spiro atoms. The van der Waals surface area contributed by atoms with Gasteiger partial charge in [-0.05, 0) is 140 Å². The fourth-order valence-electron chi connectivity index (χ4n) is 11.9. The van der Waals surface area contributed by atoms with Crippen LogP contribution < -0.4 is 9.80 Å². The van der Waals surface area contributed by atoms with Gasteiger partial charge in [-0.1, -0.05) is 185 Å². The smallest absolute Gasteiger partial charge is 0.0543 e. The second-order valence-electron chi connectivity index (χ2n) is 20.4. The molecule has 74 heavy (non-hydrogen) atoms. The number of para-hydroxylation sites is 2. The number of rotatable bonds is 10. The molecule has 4 heteroatoms. The molecule has 0 atom stereocenters. The maximum absolute atomic E-state index is 2.51. The second-order valence-corrected chi connectivity index (χ2v) is 22.5. The van der Waals surface area contributed by atoms with E-state index >= 15 is 0 Å². The Morgan fingerprint density at radius 3 is 1.09 bits per heavy atom. The van der Waals surface area contributed by atoms with E-state index in [2.05, 4.69) is 268 Å². The van der Waals surface area contributed by atoms with Crippen LogP contribution >= 0.6 is 22.7 Å². The monoisotopic (exact) mass is 984 g/mol. The quantitative estimate of drug-likeness (QED) is 0.126. The first-order valence-corrected chi connectivity index (χ1v) is 27.5. The van der Waals surface area contributed by atoms with Crippen LogP contribution in [-0.4, -0.2) is 0 Å². The number of nitrogens with zero attached hydrogens (tertiary/aromatic N) is 2. The zero-order valence-electron chi connectivity index (χ0n) is 41.8. The van der Waals surface area contributed by atoms with Crippen molar-refractivity contribution in [3.05, 3.63) is 242 Å². The Balaban J connectivity index is 1.01. The minimum absolute atomic E-state index is 0.269. The van der Waals surface area contributed by atoms with E-state index in [-0.39, 0.29) is 11.8 Å². The highest BCUT2D eigenvalue weighted by Crippen LogP contribution is 2.52. The predicted molar refractivity (Wildman–Crippen MR) is 324 cm³/mol. The summed E-state index contributed by atoms with van der Waals surface area (Å²) in [5, 5.41) is 13.0. The first-order valence-electron chi connectivity index (χ1n) is 25.9. The highest BCUT2D eigenvalue weighted by Gasteiger charge is 2.27. The van der Waals surface area contributed by atoms with Gasteiger partial charge < -0.3 is 9.80 Å². The lowest BCUT2D eigenvalue weighted by Crippen LogP contribution is -2.13. The van der Waals surface area contributed by atoms with Gasteiger partial charge in [0.2, 0.25) is 0 Å². The van der Waals surface area contributed by atoms with Gasteiger partial charge in [-0.2, -0.15) is 0 Å². The van der Waals surface area contributed by atoms with Crippen LogP contribution in [0.15, 0.2) is 231 Å². The average Bonchev–Trinajstić information content (AvgIpc) is 4.03. The lowest BCUT2D eigenvalue weighted by Gasteiger charge is -2.32. The van der Waals surface area contributed by atoms with Gasteiger partial charge in [-0.3, -0.25) is 0 Å². The fraction of sp³-hybridized carbons (Fsp3) is 0.0857. The molecule has 14 rings (SSSR count). The summed E-state index contributed by atoms with van der Waals surface area (Å²) in [6.07, 6.45) is 0. The van der Waals surface area contributed by atoms with Crippen molar-refractivity contribution in [1.82, 2.24) is 0 Å². The van der Waals surface area contributed by atoms with E-state index in [1.165, 1.54) is 117 Å². The molecule has 0 fully saturated rings. The van der Waals surface area contributed by atoms with E-state index in [0.29, 0.717) is 0 Å². The molecule has 0 N–H and O–H groups in total. The van der Waals surface area contributed by atoms with Gasteiger partial charge in [0.1, 0.15) is 0 Å². The Hall–Kier alpha value is -8.28. The maximum Gasteiger partial charge on any atom is 0.0543 e. The van der Waals surface area contributed by atoms with Crippen molar-refractivity contribution in [3.63, 3.8) is 0 Å². The summed E-state index contributed by atoms with van der Waals surface area (Å²) in [7, 11) is 0. The van der Waals surface area contributed by atoms with Gasteiger partial charge in [-0.25, -0.2) is 0 Å². The summed E-state index contributed by atoms with van der Waals surface area (Å²) in [6.45, 7) is 9.40. The molecule has 0 aliphatic carbocycles. The van der Waals surface area contributed by atoms with Crippen molar-refractivity contribution < 1.29 is 0 Å². The van der Waals surface area contributed by atoms with E-state index in [1.54, 1.807) is 0 Å². The molecule has 0 saturated heterocycles. The number of hydrogen-bond acceptors (Lipinski definition) is 4. The third kappa shape index (κ3) is 7.11. The second kappa shape index (κ2) is 17.7. The van der Waals surface area contributed by atoms with Crippen molar-refractivity contribution in [2.24, 2.45) is 0 Å². The number of hydrogen-bond donors (Lipinski definition) is 0. The van der Waals surface area contributed by atoms with Crippen molar-refractivity contribution in [2.45, 2.75) is 39.5 Å². The van der Waals surface area contributed by atoms with E-state index < -0.39 is 0 Å². The van der Waals surface area contributed by atoms with Crippen molar-refractivity contribution in [3.8, 4) is 22.3 Å². The van der Waals surface area contributed by atoms with Crippen LogP contribution in [0.4, 0.5) is 34.1 Å². The molecule has 2 nitrogen and oxygen atoms in total. The molecule has 12 aromatic carbocycles. The summed E-state index contributed by atoms with van der Waals surface area (Å²) in [6, 6.07) is 86.2. The van der Waals surface area contributed by atoms with Gasteiger partial charge in [0.15, 0.2) is 0 Å². The number of anilines is 6. The first-order chi connectivity index (χ1) is 36.4. The van der Waals surface area contributed by atoms with Crippen LogP contribution in [0, 0.1) is 0 Å². The first kappa shape index (κ1) is 44.4. The van der Waals surface area contributed by atoms with Gasteiger partial charge in [0, 0.05) is 73.9 Å². The highest BCUT2D eigenvalue weighted by atomic mass is 32.1. The Morgan fingerprint density at radius 1 is 0.297 bits per heavy atom. The molecule has 0 unspecified atom stereocenters. The molecular formula is C70H52N2S2. The van der Waals surface area contributed by atoms with Gasteiger partial charge in [0.25, 0.3) is 0 Å². The van der Waals surface area contributed by atoms with E-state index in [4.69, 9.17) is 0 Å². The summed E-state index contributed by atoms with van der Waals surface area (Å²) in [5.74, 6) is 0.539. The van der Waals surface area contributed by atoms with Crippen molar-refractivity contribution in [1.29, 1.82) is 0 Å². The SMILES string of the molecule is CC(C)c1cc(N(c2ccccc2)c2cccc(-c3cccc4c3sc3ccccc34)c2)c2ccc3c(C(C)C)cc(N(c4ccccc4)c4cccc(-c5cccc6c5sc5ccccc56)c4)c4ccc1c2c34. The third-order valence-electron chi connectivity index (χ3n) is 15.3. The van der Waals surface area contributed by atoms with Crippen LogP contribution in [-0.2, 0) is 0 Å². The number of thiophene rings is 2. The van der Waals surface area contributed by atoms with Crippen molar-refractivity contribution in [2.75, 3.05) is 9.80 Å². The van der Waals surface area contributed by atoms with E-state index in [9.17, 15) is 0 Å². The van der Waals surface area contributed by atoms with E-state index in [0.717, 1.165) is 22.7 Å². The normalized spacial score (nSPS) is 12.0. The molecule has 0 saturated carbocycles. The predicted octanol–water partition coefficient (Wildman–Crippen LogP) is 21.8. The molecule has 14 aromatic rings. The summed E-state index contributed by atoms with van der Waals surface area (Å²) in [4.78, 5) is 5.02. The van der Waals surface area contributed by atoms with Crippen LogP contribution in [0.5, 0.6) is 0 Å². The zero-order valence-corrected chi connectivity index (χ0v) is 43.4. The van der Waals surface area contributed by atoms with Gasteiger partial charge in [0.05, 0.1) is 11.4 Å². The molecule has 2 heterocycles. The molecular weight excluding hydrogens is 933 g/mol. The number of fused-ring (bicyclic) bond motifs is 6. The standard InChI is InChI=1S/C70H52N2S2/c1-43(2)61-41-63(71(47-21-7-5-8-22-47)49-25-15-19-45(39-49)51-29-17-31-57-53-27-11-13-33-65(53)73-69(51)57)59-38-36-56-62(44(3)4)42-64(60-37-35-55(61)67(59)68(56)60)72(48-23-9-6-10-24-48)50-26-16-20-46(40-50)52-30-18-32-58-54-28-12-14-34-66(54)74-70(52)58/h5-44H,1-4H3. The Kier molecular flexibility index (Phi) is 10.6. The van der Waals surface area contributed by atoms with E-state index in [1.807, 2.05) is 22.7 Å². The molecule has 0 aliphatic heterocycles. The summed E-state index contributed by atoms with van der Waals surface area (Å²) >= 11 is 3.78. The number of benzene rings is 12. The molecule has 0 bridgehead atoms. The van der Waals surface area contributed by atoms with Crippen LogP contribution in [0.2, 0.25) is 0 Å². The van der Waals surface area contributed by atoms with Crippen LogP contribution in [0.1, 0.15) is 50.7 Å². The Labute approximate surface area is 440 Å². The molecule has 0 amide bonds. The molecule has 0 aliphatic rings. The highest BCUT2D eigenvalue weighted by molar-refractivity contribution is 7.26. The fourth-order valence-corrected chi connectivity index (χ4v) is 14.4. The van der Waals surface area contributed by atoms with Crippen molar-refractivity contribution >= 4 is 129 Å². The maximum atomic E-state index is 2.51. The lowest BCUT2D eigenvalue weighted by atomic mass is 9.84. The zero-order chi connectivity index (χ0) is 49.6. The molecule has 0 radical (unpaired) electrons.